The highest BCUT2D eigenvalue weighted by Crippen LogP contribution is 2.09. The smallest absolute Gasteiger partial charge is 0.267 e. The molecule has 0 atom stereocenters. The molecule has 0 aliphatic rings. The summed E-state index contributed by atoms with van der Waals surface area (Å²) in [6.45, 7) is 1.45. The van der Waals surface area contributed by atoms with E-state index in [9.17, 15) is 4.79 Å². The average Bonchev–Trinajstić information content (AvgIpc) is 2.26. The van der Waals surface area contributed by atoms with E-state index >= 15 is 0 Å². The predicted molar refractivity (Wildman–Crippen MR) is 59.7 cm³/mol. The lowest BCUT2D eigenvalue weighted by molar-refractivity contribution is 0.0995. The van der Waals surface area contributed by atoms with Gasteiger partial charge in [0, 0.05) is 13.6 Å². The van der Waals surface area contributed by atoms with Crippen LogP contribution in [0, 0.1) is 0 Å². The molecular formula is C10H16N4O. The van der Waals surface area contributed by atoms with E-state index in [1.807, 2.05) is 18.0 Å². The number of aromatic nitrogens is 1. The number of hydrogen-bond donors (Lipinski definition) is 2. The molecule has 0 aliphatic heterocycles. The second-order valence-corrected chi connectivity index (χ2v) is 3.31. The Bertz CT molecular complexity index is 340. The molecule has 0 fully saturated rings. The summed E-state index contributed by atoms with van der Waals surface area (Å²) in [7, 11) is 1.91. The summed E-state index contributed by atoms with van der Waals surface area (Å²) in [6, 6.07) is 5.20. The highest BCUT2D eigenvalue weighted by molar-refractivity contribution is 5.91. The zero-order valence-corrected chi connectivity index (χ0v) is 8.81. The van der Waals surface area contributed by atoms with Crippen LogP contribution in [0.5, 0.6) is 0 Å². The summed E-state index contributed by atoms with van der Waals surface area (Å²) >= 11 is 0. The van der Waals surface area contributed by atoms with Crippen molar-refractivity contribution >= 4 is 11.7 Å². The topological polar surface area (TPSA) is 85.2 Å². The molecule has 1 aromatic rings. The number of pyridine rings is 1. The summed E-state index contributed by atoms with van der Waals surface area (Å²) in [6.07, 6.45) is 0.888. The van der Waals surface area contributed by atoms with E-state index in [2.05, 4.69) is 4.98 Å². The van der Waals surface area contributed by atoms with E-state index in [0.717, 1.165) is 18.8 Å². The van der Waals surface area contributed by atoms with Crippen molar-refractivity contribution in [1.29, 1.82) is 0 Å². The Morgan fingerprint density at radius 2 is 2.27 bits per heavy atom. The van der Waals surface area contributed by atoms with Crippen LogP contribution < -0.4 is 16.4 Å². The van der Waals surface area contributed by atoms with Crippen LogP contribution >= 0.6 is 0 Å². The van der Waals surface area contributed by atoms with Gasteiger partial charge in [0.05, 0.1) is 0 Å². The number of carbonyl (C=O) groups excluding carboxylic acids is 1. The monoisotopic (exact) mass is 208 g/mol. The standard InChI is InChI=1S/C10H16N4O/c1-14(7-3-6-11)9-5-2-4-8(13-9)10(12)15/h2,4-5H,3,6-7,11H2,1H3,(H2,12,15). The van der Waals surface area contributed by atoms with Gasteiger partial charge in [0.1, 0.15) is 11.5 Å². The van der Waals surface area contributed by atoms with Gasteiger partial charge in [-0.05, 0) is 25.1 Å². The summed E-state index contributed by atoms with van der Waals surface area (Å²) in [5.74, 6) is 0.226. The molecule has 0 saturated heterocycles. The molecule has 1 amide bonds. The average molecular weight is 208 g/mol. The molecule has 1 heterocycles. The highest BCUT2D eigenvalue weighted by Gasteiger charge is 2.05. The Balaban J connectivity index is 2.76. The molecule has 0 aromatic carbocycles. The Morgan fingerprint density at radius 3 is 2.87 bits per heavy atom. The van der Waals surface area contributed by atoms with Crippen LogP contribution in [-0.2, 0) is 0 Å². The van der Waals surface area contributed by atoms with Crippen LogP contribution in [0.2, 0.25) is 0 Å². The van der Waals surface area contributed by atoms with Gasteiger partial charge in [-0.25, -0.2) is 4.98 Å². The van der Waals surface area contributed by atoms with E-state index in [4.69, 9.17) is 11.5 Å². The predicted octanol–water partition coefficient (Wildman–Crippen LogP) is -0.0345. The second-order valence-electron chi connectivity index (χ2n) is 3.31. The first-order valence-corrected chi connectivity index (χ1v) is 4.83. The van der Waals surface area contributed by atoms with Gasteiger partial charge in [-0.15, -0.1) is 0 Å². The largest absolute Gasteiger partial charge is 0.364 e. The Labute approximate surface area is 89.1 Å². The molecular weight excluding hydrogens is 192 g/mol. The van der Waals surface area contributed by atoms with Gasteiger partial charge in [-0.2, -0.15) is 0 Å². The first kappa shape index (κ1) is 11.5. The molecule has 0 radical (unpaired) electrons. The molecule has 0 aliphatic carbocycles. The van der Waals surface area contributed by atoms with Crippen molar-refractivity contribution in [3.63, 3.8) is 0 Å². The number of carbonyl (C=O) groups is 1. The number of primary amides is 1. The molecule has 4 N–H and O–H groups in total. The molecule has 0 saturated carbocycles. The van der Waals surface area contributed by atoms with Gasteiger partial charge >= 0.3 is 0 Å². The lowest BCUT2D eigenvalue weighted by atomic mass is 10.3. The first-order chi connectivity index (χ1) is 7.15. The minimum atomic E-state index is -0.510. The normalized spacial score (nSPS) is 10.0. The van der Waals surface area contributed by atoms with Crippen LogP contribution in [0.1, 0.15) is 16.9 Å². The van der Waals surface area contributed by atoms with Crippen molar-refractivity contribution in [3.05, 3.63) is 23.9 Å². The molecule has 5 nitrogen and oxygen atoms in total. The molecule has 1 rings (SSSR count). The van der Waals surface area contributed by atoms with Crippen molar-refractivity contribution in [2.45, 2.75) is 6.42 Å². The first-order valence-electron chi connectivity index (χ1n) is 4.83. The summed E-state index contributed by atoms with van der Waals surface area (Å²) in [5, 5.41) is 0. The summed E-state index contributed by atoms with van der Waals surface area (Å²) < 4.78 is 0. The van der Waals surface area contributed by atoms with Gasteiger partial charge in [-0.1, -0.05) is 6.07 Å². The minimum absolute atomic E-state index is 0.284. The minimum Gasteiger partial charge on any atom is -0.364 e. The van der Waals surface area contributed by atoms with E-state index in [0.29, 0.717) is 6.54 Å². The Kier molecular flexibility index (Phi) is 4.05. The zero-order chi connectivity index (χ0) is 11.3. The van der Waals surface area contributed by atoms with Crippen molar-refractivity contribution < 1.29 is 4.79 Å². The number of amides is 1. The SMILES string of the molecule is CN(CCCN)c1cccc(C(N)=O)n1. The molecule has 15 heavy (non-hydrogen) atoms. The molecule has 0 bridgehead atoms. The maximum atomic E-state index is 10.9. The Morgan fingerprint density at radius 1 is 1.53 bits per heavy atom. The molecule has 5 heteroatoms. The molecule has 0 spiro atoms. The van der Waals surface area contributed by atoms with Gasteiger partial charge in [0.25, 0.3) is 5.91 Å². The molecule has 0 unspecified atom stereocenters. The molecule has 1 aromatic heterocycles. The fraction of sp³-hybridized carbons (Fsp3) is 0.400. The highest BCUT2D eigenvalue weighted by atomic mass is 16.1. The number of rotatable bonds is 5. The fourth-order valence-electron chi connectivity index (χ4n) is 1.22. The van der Waals surface area contributed by atoms with Crippen molar-refractivity contribution in [2.75, 3.05) is 25.0 Å². The molecule has 82 valence electrons. The van der Waals surface area contributed by atoms with Crippen LogP contribution in [-0.4, -0.2) is 31.0 Å². The number of hydrogen-bond acceptors (Lipinski definition) is 4. The third-order valence-corrected chi connectivity index (χ3v) is 2.08. The quantitative estimate of drug-likeness (QED) is 0.711. The maximum Gasteiger partial charge on any atom is 0.267 e. The summed E-state index contributed by atoms with van der Waals surface area (Å²) in [4.78, 5) is 17.0. The third kappa shape index (κ3) is 3.21. The van der Waals surface area contributed by atoms with Crippen LogP contribution in [0.4, 0.5) is 5.82 Å². The van der Waals surface area contributed by atoms with Gasteiger partial charge < -0.3 is 16.4 Å². The zero-order valence-electron chi connectivity index (χ0n) is 8.81. The van der Waals surface area contributed by atoms with Gasteiger partial charge in [0.2, 0.25) is 0 Å². The van der Waals surface area contributed by atoms with Crippen molar-refractivity contribution in [2.24, 2.45) is 11.5 Å². The second kappa shape index (κ2) is 5.31. The van der Waals surface area contributed by atoms with Gasteiger partial charge in [-0.3, -0.25) is 4.79 Å². The van der Waals surface area contributed by atoms with Crippen molar-refractivity contribution in [3.8, 4) is 0 Å². The summed E-state index contributed by atoms with van der Waals surface area (Å²) in [5.41, 5.74) is 10.8. The van der Waals surface area contributed by atoms with Crippen molar-refractivity contribution in [1.82, 2.24) is 4.98 Å². The Hall–Kier alpha value is -1.62. The van der Waals surface area contributed by atoms with E-state index in [-0.39, 0.29) is 5.69 Å². The van der Waals surface area contributed by atoms with Crippen LogP contribution in [0.25, 0.3) is 0 Å². The number of anilines is 1. The van der Waals surface area contributed by atoms with Gasteiger partial charge in [0.15, 0.2) is 0 Å². The maximum absolute atomic E-state index is 10.9. The van der Waals surface area contributed by atoms with E-state index in [1.54, 1.807) is 12.1 Å². The lowest BCUT2D eigenvalue weighted by Crippen LogP contribution is -2.23. The number of nitrogens with zero attached hydrogens (tertiary/aromatic N) is 2. The lowest BCUT2D eigenvalue weighted by Gasteiger charge is -2.17. The fourth-order valence-corrected chi connectivity index (χ4v) is 1.22. The third-order valence-electron chi connectivity index (χ3n) is 2.08. The van der Waals surface area contributed by atoms with Crippen LogP contribution in [0.15, 0.2) is 18.2 Å². The van der Waals surface area contributed by atoms with E-state index < -0.39 is 5.91 Å². The van der Waals surface area contributed by atoms with Crippen LogP contribution in [0.3, 0.4) is 0 Å². The number of nitrogens with two attached hydrogens (primary N) is 2. The van der Waals surface area contributed by atoms with E-state index in [1.165, 1.54) is 0 Å².